The maximum atomic E-state index is 10.6. The van der Waals surface area contributed by atoms with E-state index in [-0.39, 0.29) is 11.6 Å². The lowest BCUT2D eigenvalue weighted by molar-refractivity contribution is -0.0139. The molecule has 0 heterocycles. The van der Waals surface area contributed by atoms with Crippen LogP contribution in [-0.4, -0.2) is 29.9 Å². The van der Waals surface area contributed by atoms with Gasteiger partial charge in [0, 0.05) is 12.1 Å². The van der Waals surface area contributed by atoms with Gasteiger partial charge in [-0.3, -0.25) is 0 Å². The predicted molar refractivity (Wildman–Crippen MR) is 134 cm³/mol. The number of hydrogen-bond donors (Lipinski definition) is 2. The number of benzene rings is 2. The summed E-state index contributed by atoms with van der Waals surface area (Å²) >= 11 is 0. The summed E-state index contributed by atoms with van der Waals surface area (Å²) in [6.07, 6.45) is 6.08. The zero-order valence-electron chi connectivity index (χ0n) is 20.8. The summed E-state index contributed by atoms with van der Waals surface area (Å²) in [5.74, 6) is 0.672. The van der Waals surface area contributed by atoms with Gasteiger partial charge in [0.05, 0.1) is 18.8 Å². The number of aliphatic hydroxyl groups is 1. The van der Waals surface area contributed by atoms with E-state index in [2.05, 4.69) is 82.4 Å². The number of fused-ring (bicyclic) bond motifs is 1. The Morgan fingerprint density at radius 2 is 1.78 bits per heavy atom. The molecule has 0 amide bonds. The van der Waals surface area contributed by atoms with Crippen molar-refractivity contribution in [3.8, 4) is 0 Å². The van der Waals surface area contributed by atoms with Gasteiger partial charge < -0.3 is 15.2 Å². The molecule has 0 radical (unpaired) electrons. The standard InChI is InChI=1S/C29H43NO2/c1-6-10-25-15-21(3)13-14-27(25)28(7-2)32-20-26(31)19-30-29(4,5)18-22-16-23-11-8-9-12-24(23)17-22/h8-9,11-15,22,26,28,30-31H,6-7,10,16-20H2,1-5H3/t26-,28-/m1/s1. The molecule has 176 valence electrons. The Morgan fingerprint density at radius 3 is 2.41 bits per heavy atom. The highest BCUT2D eigenvalue weighted by atomic mass is 16.5. The van der Waals surface area contributed by atoms with Crippen LogP contribution in [0, 0.1) is 12.8 Å². The van der Waals surface area contributed by atoms with E-state index in [1.54, 1.807) is 0 Å². The minimum Gasteiger partial charge on any atom is -0.389 e. The maximum absolute atomic E-state index is 10.6. The minimum absolute atomic E-state index is 0.0108. The van der Waals surface area contributed by atoms with Gasteiger partial charge in [-0.1, -0.05) is 68.3 Å². The summed E-state index contributed by atoms with van der Waals surface area (Å²) in [5, 5.41) is 14.2. The second kappa shape index (κ2) is 11.4. The predicted octanol–water partition coefficient (Wildman–Crippen LogP) is 5.95. The van der Waals surface area contributed by atoms with Gasteiger partial charge in [0.1, 0.15) is 0 Å². The number of hydrogen-bond acceptors (Lipinski definition) is 3. The van der Waals surface area contributed by atoms with E-state index in [4.69, 9.17) is 4.74 Å². The fourth-order valence-corrected chi connectivity index (χ4v) is 5.23. The molecular formula is C29H43NO2. The fourth-order valence-electron chi connectivity index (χ4n) is 5.23. The first-order valence-electron chi connectivity index (χ1n) is 12.5. The van der Waals surface area contributed by atoms with Crippen LogP contribution in [-0.2, 0) is 24.0 Å². The first-order valence-corrected chi connectivity index (χ1v) is 12.5. The van der Waals surface area contributed by atoms with Crippen molar-refractivity contribution in [2.24, 2.45) is 5.92 Å². The number of aliphatic hydroxyl groups excluding tert-OH is 1. The molecule has 0 saturated carbocycles. The average molecular weight is 438 g/mol. The van der Waals surface area contributed by atoms with Gasteiger partial charge in [0.25, 0.3) is 0 Å². The molecule has 1 aliphatic rings. The topological polar surface area (TPSA) is 41.5 Å². The van der Waals surface area contributed by atoms with E-state index in [0.29, 0.717) is 19.1 Å². The van der Waals surface area contributed by atoms with Crippen LogP contribution in [0.3, 0.4) is 0 Å². The highest BCUT2D eigenvalue weighted by molar-refractivity contribution is 5.34. The zero-order valence-corrected chi connectivity index (χ0v) is 20.8. The van der Waals surface area contributed by atoms with Crippen LogP contribution >= 0.6 is 0 Å². The van der Waals surface area contributed by atoms with Gasteiger partial charge in [-0.05, 0) is 81.0 Å². The number of rotatable bonds is 12. The van der Waals surface area contributed by atoms with Gasteiger partial charge >= 0.3 is 0 Å². The Morgan fingerprint density at radius 1 is 1.09 bits per heavy atom. The number of nitrogens with one attached hydrogen (secondary N) is 1. The fraction of sp³-hybridized carbons (Fsp3) is 0.586. The van der Waals surface area contributed by atoms with E-state index in [1.165, 1.54) is 40.7 Å². The maximum Gasteiger partial charge on any atom is 0.0898 e. The van der Waals surface area contributed by atoms with Gasteiger partial charge in [0.2, 0.25) is 0 Å². The first kappa shape index (κ1) is 25.0. The van der Waals surface area contributed by atoms with Crippen molar-refractivity contribution in [2.75, 3.05) is 13.2 Å². The van der Waals surface area contributed by atoms with Crippen molar-refractivity contribution in [1.82, 2.24) is 5.32 Å². The van der Waals surface area contributed by atoms with Crippen molar-refractivity contribution < 1.29 is 9.84 Å². The molecule has 0 unspecified atom stereocenters. The summed E-state index contributed by atoms with van der Waals surface area (Å²) in [6.45, 7) is 11.9. The lowest BCUT2D eigenvalue weighted by Crippen LogP contribution is -2.45. The Kier molecular flexibility index (Phi) is 8.93. The van der Waals surface area contributed by atoms with Crippen LogP contribution in [0.25, 0.3) is 0 Å². The lowest BCUT2D eigenvalue weighted by Gasteiger charge is -2.31. The monoisotopic (exact) mass is 437 g/mol. The SMILES string of the molecule is CCCc1cc(C)ccc1[C@@H](CC)OC[C@H](O)CNC(C)(C)CC1Cc2ccccc2C1. The molecule has 0 spiro atoms. The molecule has 0 saturated heterocycles. The Bertz CT molecular complexity index is 835. The van der Waals surface area contributed by atoms with Crippen molar-refractivity contribution in [2.45, 2.75) is 90.9 Å². The van der Waals surface area contributed by atoms with Crippen molar-refractivity contribution in [1.29, 1.82) is 0 Å². The lowest BCUT2D eigenvalue weighted by atomic mass is 9.88. The van der Waals surface area contributed by atoms with Crippen LogP contribution in [0.1, 0.15) is 80.9 Å². The highest BCUT2D eigenvalue weighted by Crippen LogP contribution is 2.32. The van der Waals surface area contributed by atoms with E-state index >= 15 is 0 Å². The van der Waals surface area contributed by atoms with E-state index in [1.807, 2.05) is 0 Å². The van der Waals surface area contributed by atoms with E-state index in [9.17, 15) is 5.11 Å². The minimum atomic E-state index is -0.510. The third-order valence-corrected chi connectivity index (χ3v) is 6.78. The average Bonchev–Trinajstić information content (AvgIpc) is 3.15. The molecule has 2 N–H and O–H groups in total. The summed E-state index contributed by atoms with van der Waals surface area (Å²) in [5.41, 5.74) is 6.95. The molecule has 32 heavy (non-hydrogen) atoms. The summed E-state index contributed by atoms with van der Waals surface area (Å²) in [6, 6.07) is 15.5. The van der Waals surface area contributed by atoms with Crippen LogP contribution in [0.15, 0.2) is 42.5 Å². The molecule has 0 aromatic heterocycles. The van der Waals surface area contributed by atoms with Gasteiger partial charge in [-0.2, -0.15) is 0 Å². The van der Waals surface area contributed by atoms with Crippen molar-refractivity contribution in [3.05, 3.63) is 70.3 Å². The third-order valence-electron chi connectivity index (χ3n) is 6.78. The Balaban J connectivity index is 1.47. The molecule has 0 fully saturated rings. The second-order valence-corrected chi connectivity index (χ2v) is 10.3. The highest BCUT2D eigenvalue weighted by Gasteiger charge is 2.28. The molecular weight excluding hydrogens is 394 g/mol. The van der Waals surface area contributed by atoms with Gasteiger partial charge in [-0.15, -0.1) is 0 Å². The molecule has 0 aliphatic heterocycles. The number of aryl methyl sites for hydroxylation is 2. The van der Waals surface area contributed by atoms with Crippen LogP contribution in [0.5, 0.6) is 0 Å². The van der Waals surface area contributed by atoms with Gasteiger partial charge in [0.15, 0.2) is 0 Å². The largest absolute Gasteiger partial charge is 0.389 e. The molecule has 2 aromatic carbocycles. The van der Waals surface area contributed by atoms with Crippen LogP contribution < -0.4 is 5.32 Å². The second-order valence-electron chi connectivity index (χ2n) is 10.3. The third kappa shape index (κ3) is 6.91. The van der Waals surface area contributed by atoms with Crippen molar-refractivity contribution in [3.63, 3.8) is 0 Å². The number of ether oxygens (including phenoxy) is 1. The number of β-amino-alcohol motifs (C(OH)–C–C–N with tert-alkyl or cyclic N) is 1. The van der Waals surface area contributed by atoms with Crippen LogP contribution in [0.4, 0.5) is 0 Å². The van der Waals surface area contributed by atoms with Gasteiger partial charge in [-0.25, -0.2) is 0 Å². The zero-order chi connectivity index (χ0) is 23.1. The Hall–Kier alpha value is -1.68. The molecule has 2 atom stereocenters. The molecule has 3 heteroatoms. The summed E-state index contributed by atoms with van der Waals surface area (Å²) < 4.78 is 6.22. The molecule has 3 rings (SSSR count). The van der Waals surface area contributed by atoms with Crippen LogP contribution in [0.2, 0.25) is 0 Å². The summed E-state index contributed by atoms with van der Waals surface area (Å²) in [4.78, 5) is 0. The molecule has 0 bridgehead atoms. The molecule has 3 nitrogen and oxygen atoms in total. The van der Waals surface area contributed by atoms with E-state index < -0.39 is 6.10 Å². The quantitative estimate of drug-likeness (QED) is 0.431. The van der Waals surface area contributed by atoms with Crippen molar-refractivity contribution >= 4 is 0 Å². The van der Waals surface area contributed by atoms with E-state index in [0.717, 1.165) is 25.7 Å². The normalized spacial score (nSPS) is 16.2. The first-order chi connectivity index (χ1) is 15.3. The molecule has 2 aromatic rings. The smallest absolute Gasteiger partial charge is 0.0898 e. The molecule has 1 aliphatic carbocycles. The Labute approximate surface area is 195 Å². The summed E-state index contributed by atoms with van der Waals surface area (Å²) in [7, 11) is 0.